The topological polar surface area (TPSA) is 39.2 Å². The number of carbonyl (C=O) groups excluding carboxylic acids is 1. The number of benzene rings is 2. The normalized spacial score (nSPS) is 11.6. The van der Waals surface area contributed by atoms with Crippen LogP contribution < -0.4 is 4.74 Å². The number of halogens is 6. The number of hydrogen-bond acceptors (Lipinski definition) is 4. The van der Waals surface area contributed by atoms with Crippen molar-refractivity contribution in [2.24, 2.45) is 0 Å². The Morgan fingerprint density at radius 1 is 1.19 bits per heavy atom. The molecular weight excluding hydrogens is 473 g/mol. The summed E-state index contributed by atoms with van der Waals surface area (Å²) in [5, 5.41) is 0.391. The van der Waals surface area contributed by atoms with Crippen LogP contribution in [0.4, 0.5) is 22.0 Å². The minimum absolute atomic E-state index is 0.00499. The molecule has 1 aromatic heterocycles. The van der Waals surface area contributed by atoms with Crippen LogP contribution in [0.3, 0.4) is 0 Å². The van der Waals surface area contributed by atoms with E-state index in [0.717, 1.165) is 6.07 Å². The summed E-state index contributed by atoms with van der Waals surface area (Å²) in [5.41, 5.74) is 0.380. The molecule has 2 aromatic carbocycles. The Kier molecular flexibility index (Phi) is 7.19. The van der Waals surface area contributed by atoms with Gasteiger partial charge in [0.2, 0.25) is 0 Å². The fraction of sp³-hybridized carbons (Fsp3) is 0.273. The second kappa shape index (κ2) is 9.54. The summed E-state index contributed by atoms with van der Waals surface area (Å²) in [6, 6.07) is 7.02. The van der Waals surface area contributed by atoms with E-state index < -0.39 is 35.0 Å². The van der Waals surface area contributed by atoms with Crippen LogP contribution in [0.1, 0.15) is 34.9 Å². The maximum atomic E-state index is 14.8. The van der Waals surface area contributed by atoms with Gasteiger partial charge in [0.25, 0.3) is 0 Å². The van der Waals surface area contributed by atoms with E-state index in [4.69, 9.17) is 16.3 Å². The largest absolute Gasteiger partial charge is 0.483 e. The van der Waals surface area contributed by atoms with Gasteiger partial charge in [-0.3, -0.25) is 0 Å². The van der Waals surface area contributed by atoms with Crippen molar-refractivity contribution < 1.29 is 31.5 Å². The summed E-state index contributed by atoms with van der Waals surface area (Å²) in [5.74, 6) is -3.00. The molecule has 3 rings (SSSR count). The van der Waals surface area contributed by atoms with Crippen LogP contribution in [0.2, 0.25) is 5.02 Å². The summed E-state index contributed by atoms with van der Waals surface area (Å²) in [6.45, 7) is 2.01. The van der Waals surface area contributed by atoms with Gasteiger partial charge in [-0.25, -0.2) is 8.78 Å². The molecule has 0 fully saturated rings. The Morgan fingerprint density at radius 3 is 2.44 bits per heavy atom. The number of aryl methyl sites for hydroxylation is 1. The predicted molar refractivity (Wildman–Crippen MR) is 112 cm³/mol. The second-order valence-electron chi connectivity index (χ2n) is 7.12. The van der Waals surface area contributed by atoms with Crippen LogP contribution in [-0.4, -0.2) is 10.2 Å². The summed E-state index contributed by atoms with van der Waals surface area (Å²) in [6.07, 6.45) is -4.47. The molecule has 0 amide bonds. The number of Topliss-reactive ketones (excluding diaryl/α,β-unsaturated/α-hetero) is 1. The first-order valence-corrected chi connectivity index (χ1v) is 10.6. The SMILES string of the molecule is CC(=O)CCc1cc(F)c(OCc2c(-c3ccc(Cl)cc3)nsc2C(F)(F)F)c(F)c1C. The molecule has 10 heteroatoms. The number of ketones is 1. The highest BCUT2D eigenvalue weighted by Gasteiger charge is 2.38. The lowest BCUT2D eigenvalue weighted by molar-refractivity contribution is -0.135. The lowest BCUT2D eigenvalue weighted by Gasteiger charge is -2.15. The third-order valence-electron chi connectivity index (χ3n) is 4.80. The fourth-order valence-corrected chi connectivity index (χ4v) is 3.98. The third-order valence-corrected chi connectivity index (χ3v) is 5.98. The molecule has 0 N–H and O–H groups in total. The number of hydrogen-bond donors (Lipinski definition) is 0. The van der Waals surface area contributed by atoms with Gasteiger partial charge in [-0.05, 0) is 61.1 Å². The van der Waals surface area contributed by atoms with E-state index in [1.165, 1.54) is 38.1 Å². The maximum Gasteiger partial charge on any atom is 0.427 e. The zero-order chi connectivity index (χ0) is 23.6. The molecular formula is C22H17ClF5NO2S. The number of aromatic nitrogens is 1. The zero-order valence-electron chi connectivity index (χ0n) is 16.9. The highest BCUT2D eigenvalue weighted by atomic mass is 35.5. The molecule has 0 spiro atoms. The van der Waals surface area contributed by atoms with Gasteiger partial charge in [0.1, 0.15) is 17.3 Å². The molecule has 0 aliphatic rings. The number of nitrogens with zero attached hydrogens (tertiary/aromatic N) is 1. The first-order valence-electron chi connectivity index (χ1n) is 9.40. The zero-order valence-corrected chi connectivity index (χ0v) is 18.5. The summed E-state index contributed by atoms with van der Waals surface area (Å²) >= 11 is 6.07. The number of rotatable bonds is 7. The Hall–Kier alpha value is -2.52. The lowest BCUT2D eigenvalue weighted by Crippen LogP contribution is -2.10. The quantitative estimate of drug-likeness (QED) is 0.330. The molecule has 3 nitrogen and oxygen atoms in total. The van der Waals surface area contributed by atoms with Gasteiger partial charge in [0.15, 0.2) is 17.4 Å². The summed E-state index contributed by atoms with van der Waals surface area (Å²) in [4.78, 5) is 10.1. The summed E-state index contributed by atoms with van der Waals surface area (Å²) in [7, 11) is 0. The van der Waals surface area contributed by atoms with Crippen molar-refractivity contribution in [2.45, 2.75) is 39.5 Å². The third kappa shape index (κ3) is 5.27. The van der Waals surface area contributed by atoms with Crippen LogP contribution in [-0.2, 0) is 24.0 Å². The first-order chi connectivity index (χ1) is 15.0. The molecule has 1 heterocycles. The Morgan fingerprint density at radius 2 is 1.84 bits per heavy atom. The Labute approximate surface area is 190 Å². The minimum Gasteiger partial charge on any atom is -0.483 e. The van der Waals surface area contributed by atoms with E-state index in [1.54, 1.807) is 0 Å². The van der Waals surface area contributed by atoms with Crippen molar-refractivity contribution in [3.05, 3.63) is 68.6 Å². The molecule has 0 saturated heterocycles. The molecule has 32 heavy (non-hydrogen) atoms. The van der Waals surface area contributed by atoms with Crippen molar-refractivity contribution in [2.75, 3.05) is 0 Å². The van der Waals surface area contributed by atoms with Gasteiger partial charge < -0.3 is 9.53 Å². The van der Waals surface area contributed by atoms with Crippen LogP contribution >= 0.6 is 23.1 Å². The van der Waals surface area contributed by atoms with E-state index in [9.17, 15) is 26.7 Å². The maximum absolute atomic E-state index is 14.8. The highest BCUT2D eigenvalue weighted by molar-refractivity contribution is 7.06. The fourth-order valence-electron chi connectivity index (χ4n) is 3.09. The van der Waals surface area contributed by atoms with Gasteiger partial charge in [-0.2, -0.15) is 17.5 Å². The molecule has 170 valence electrons. The van der Waals surface area contributed by atoms with Crippen molar-refractivity contribution in [3.63, 3.8) is 0 Å². The van der Waals surface area contributed by atoms with E-state index in [0.29, 0.717) is 10.6 Å². The van der Waals surface area contributed by atoms with Crippen LogP contribution in [0.15, 0.2) is 30.3 Å². The van der Waals surface area contributed by atoms with Crippen molar-refractivity contribution in [3.8, 4) is 17.0 Å². The standard InChI is InChI=1S/C22H17ClF5NO2S/c1-11(30)3-4-14-9-17(24)20(18(25)12(14)2)31-10-16-19(13-5-7-15(23)8-6-13)29-32-21(16)22(26,27)28/h5-9H,3-4,10H2,1-2H3. The van der Waals surface area contributed by atoms with Crippen molar-refractivity contribution in [1.82, 2.24) is 4.37 Å². The average Bonchev–Trinajstić information content (AvgIpc) is 3.14. The Balaban J connectivity index is 1.96. The number of carbonyl (C=O) groups is 1. The lowest BCUT2D eigenvalue weighted by atomic mass is 10.0. The van der Waals surface area contributed by atoms with E-state index in [2.05, 4.69) is 4.37 Å². The van der Waals surface area contributed by atoms with Gasteiger partial charge in [0, 0.05) is 22.6 Å². The second-order valence-corrected chi connectivity index (χ2v) is 8.33. The molecule has 0 aliphatic heterocycles. The van der Waals surface area contributed by atoms with Crippen molar-refractivity contribution >= 4 is 28.9 Å². The average molecular weight is 490 g/mol. The van der Waals surface area contributed by atoms with E-state index >= 15 is 0 Å². The van der Waals surface area contributed by atoms with Crippen LogP contribution in [0.5, 0.6) is 5.75 Å². The van der Waals surface area contributed by atoms with Gasteiger partial charge in [0.05, 0.1) is 5.69 Å². The molecule has 0 radical (unpaired) electrons. The Bertz CT molecular complexity index is 1140. The number of ether oxygens (including phenoxy) is 1. The predicted octanol–water partition coefficient (Wildman–Crippen LogP) is 7.17. The molecule has 0 aliphatic carbocycles. The molecule has 0 unspecified atom stereocenters. The molecule has 0 saturated carbocycles. The smallest absolute Gasteiger partial charge is 0.427 e. The van der Waals surface area contributed by atoms with Crippen LogP contribution in [0, 0.1) is 18.6 Å². The van der Waals surface area contributed by atoms with Gasteiger partial charge in [-0.15, -0.1) is 0 Å². The first kappa shape index (κ1) is 24.1. The van der Waals surface area contributed by atoms with E-state index in [1.807, 2.05) is 0 Å². The molecule has 3 aromatic rings. The molecule has 0 bridgehead atoms. The minimum atomic E-state index is -4.72. The van der Waals surface area contributed by atoms with Crippen LogP contribution in [0.25, 0.3) is 11.3 Å². The highest BCUT2D eigenvalue weighted by Crippen LogP contribution is 2.41. The van der Waals surface area contributed by atoms with Gasteiger partial charge >= 0.3 is 6.18 Å². The monoisotopic (exact) mass is 489 g/mol. The van der Waals surface area contributed by atoms with Crippen molar-refractivity contribution in [1.29, 1.82) is 0 Å². The van der Waals surface area contributed by atoms with Gasteiger partial charge in [-0.1, -0.05) is 23.7 Å². The number of alkyl halides is 3. The molecule has 0 atom stereocenters. The van der Waals surface area contributed by atoms with E-state index in [-0.39, 0.29) is 52.5 Å². The summed E-state index contributed by atoms with van der Waals surface area (Å²) < 4.78 is 79.0.